The lowest BCUT2D eigenvalue weighted by molar-refractivity contribution is -0.143. The highest BCUT2D eigenvalue weighted by molar-refractivity contribution is 6.02. The van der Waals surface area contributed by atoms with Crippen LogP contribution in [0.1, 0.15) is 13.3 Å². The first kappa shape index (κ1) is 11.5. The maximum atomic E-state index is 11.4. The van der Waals surface area contributed by atoms with Crippen molar-refractivity contribution in [3.63, 3.8) is 0 Å². The van der Waals surface area contributed by atoms with Crippen LogP contribution < -0.4 is 0 Å². The number of hydrogen-bond acceptors (Lipinski definition) is 4. The largest absolute Gasteiger partial charge is 0.466 e. The number of hydrogen-bond donors (Lipinski definition) is 0. The lowest BCUT2D eigenvalue weighted by Gasteiger charge is -2.12. The van der Waals surface area contributed by atoms with E-state index in [1.54, 1.807) is 14.0 Å². The van der Waals surface area contributed by atoms with E-state index < -0.39 is 5.97 Å². The highest BCUT2D eigenvalue weighted by atomic mass is 16.5. The molecule has 0 bridgehead atoms. The van der Waals surface area contributed by atoms with E-state index in [4.69, 9.17) is 4.74 Å². The van der Waals surface area contributed by atoms with Crippen LogP contribution in [0.25, 0.3) is 0 Å². The molecule has 6 nitrogen and oxygen atoms in total. The van der Waals surface area contributed by atoms with Crippen molar-refractivity contribution in [1.29, 1.82) is 0 Å². The molecule has 0 saturated carbocycles. The molecule has 0 N–H and O–H groups in total. The van der Waals surface area contributed by atoms with E-state index in [9.17, 15) is 14.4 Å². The van der Waals surface area contributed by atoms with Crippen LogP contribution in [0.5, 0.6) is 0 Å². The summed E-state index contributed by atoms with van der Waals surface area (Å²) in [6, 6.07) is -0.357. The molecule has 0 aromatic rings. The molecule has 0 radical (unpaired) electrons. The van der Waals surface area contributed by atoms with Gasteiger partial charge in [-0.05, 0) is 6.92 Å². The average molecular weight is 214 g/mol. The van der Waals surface area contributed by atoms with Gasteiger partial charge in [0.25, 0.3) is 0 Å². The Balaban J connectivity index is 2.42. The second-order valence-electron chi connectivity index (χ2n) is 3.24. The highest BCUT2D eigenvalue weighted by Crippen LogP contribution is 2.08. The molecule has 3 amide bonds. The third kappa shape index (κ3) is 2.68. The summed E-state index contributed by atoms with van der Waals surface area (Å²) in [6.45, 7) is 2.20. The van der Waals surface area contributed by atoms with Crippen LogP contribution in [0, 0.1) is 0 Å². The third-order valence-corrected chi connectivity index (χ3v) is 2.08. The van der Waals surface area contributed by atoms with Gasteiger partial charge in [0, 0.05) is 13.6 Å². The Labute approximate surface area is 87.8 Å². The average Bonchev–Trinajstić information content (AvgIpc) is 2.40. The number of rotatable bonds is 4. The minimum atomic E-state index is -0.396. The number of imide groups is 1. The summed E-state index contributed by atoms with van der Waals surface area (Å²) in [4.78, 5) is 36.0. The number of ether oxygens (including phenoxy) is 1. The van der Waals surface area contributed by atoms with Gasteiger partial charge in [-0.2, -0.15) is 0 Å². The maximum Gasteiger partial charge on any atom is 0.326 e. The first-order valence-corrected chi connectivity index (χ1v) is 4.77. The Morgan fingerprint density at radius 2 is 2.13 bits per heavy atom. The van der Waals surface area contributed by atoms with Crippen LogP contribution in [0.2, 0.25) is 0 Å². The molecule has 1 saturated heterocycles. The van der Waals surface area contributed by atoms with E-state index >= 15 is 0 Å². The standard InChI is InChI=1S/C9H14N2O4/c1-3-15-8(13)4-5-11-7(12)6-10(2)9(11)14/h3-6H2,1-2H3. The SMILES string of the molecule is CCOC(=O)CCN1C(=O)CN(C)C1=O. The van der Waals surface area contributed by atoms with Gasteiger partial charge in [-0.1, -0.05) is 0 Å². The van der Waals surface area contributed by atoms with E-state index in [2.05, 4.69) is 0 Å². The van der Waals surface area contributed by atoms with E-state index in [1.165, 1.54) is 4.90 Å². The molecular weight excluding hydrogens is 200 g/mol. The van der Waals surface area contributed by atoms with E-state index in [0.29, 0.717) is 6.61 Å². The van der Waals surface area contributed by atoms with Gasteiger partial charge in [0.2, 0.25) is 5.91 Å². The van der Waals surface area contributed by atoms with Crippen molar-refractivity contribution < 1.29 is 19.1 Å². The van der Waals surface area contributed by atoms with Gasteiger partial charge >= 0.3 is 12.0 Å². The molecule has 0 atom stereocenters. The number of esters is 1. The van der Waals surface area contributed by atoms with Gasteiger partial charge in [0.15, 0.2) is 0 Å². The molecule has 0 aromatic heterocycles. The summed E-state index contributed by atoms with van der Waals surface area (Å²) in [5.41, 5.74) is 0. The second kappa shape index (κ2) is 4.77. The van der Waals surface area contributed by atoms with Crippen LogP contribution >= 0.6 is 0 Å². The number of urea groups is 1. The molecule has 1 rings (SSSR count). The summed E-state index contributed by atoms with van der Waals surface area (Å²) in [5, 5.41) is 0. The number of nitrogens with zero attached hydrogens (tertiary/aromatic N) is 2. The third-order valence-electron chi connectivity index (χ3n) is 2.08. The molecule has 1 aliphatic rings. The zero-order valence-electron chi connectivity index (χ0n) is 8.86. The zero-order chi connectivity index (χ0) is 11.4. The highest BCUT2D eigenvalue weighted by Gasteiger charge is 2.33. The van der Waals surface area contributed by atoms with Crippen molar-refractivity contribution in [3.8, 4) is 0 Å². The fourth-order valence-electron chi connectivity index (χ4n) is 1.33. The van der Waals surface area contributed by atoms with Crippen LogP contribution in [-0.2, 0) is 14.3 Å². The molecule has 1 aliphatic heterocycles. The summed E-state index contributed by atoms with van der Waals surface area (Å²) in [7, 11) is 1.55. The van der Waals surface area contributed by atoms with Crippen molar-refractivity contribution in [2.45, 2.75) is 13.3 Å². The van der Waals surface area contributed by atoms with Crippen LogP contribution in [-0.4, -0.2) is 54.5 Å². The van der Waals surface area contributed by atoms with Gasteiger partial charge in [-0.3, -0.25) is 14.5 Å². The summed E-state index contributed by atoms with van der Waals surface area (Å²) in [6.07, 6.45) is 0.0547. The van der Waals surface area contributed by atoms with E-state index in [1.807, 2.05) is 0 Å². The maximum absolute atomic E-state index is 11.4. The molecule has 1 heterocycles. The molecular formula is C9H14N2O4. The normalized spacial score (nSPS) is 16.1. The molecule has 84 valence electrons. The number of amides is 3. The molecule has 6 heteroatoms. The number of likely N-dealkylation sites (N-methyl/N-ethyl adjacent to an activating group) is 1. The van der Waals surface area contributed by atoms with Crippen molar-refractivity contribution in [2.75, 3.05) is 26.7 Å². The quantitative estimate of drug-likeness (QED) is 0.481. The lowest BCUT2D eigenvalue weighted by Crippen LogP contribution is -2.33. The zero-order valence-corrected chi connectivity index (χ0v) is 8.86. The Morgan fingerprint density at radius 3 is 2.60 bits per heavy atom. The predicted octanol–water partition coefficient (Wildman–Crippen LogP) is -0.166. The Bertz CT molecular complexity index is 290. The summed E-state index contributed by atoms with van der Waals surface area (Å²) < 4.78 is 4.70. The van der Waals surface area contributed by atoms with Crippen LogP contribution in [0.3, 0.4) is 0 Å². The number of carbonyl (C=O) groups excluding carboxylic acids is 3. The first-order valence-electron chi connectivity index (χ1n) is 4.77. The Kier molecular flexibility index (Phi) is 3.65. The molecule has 0 aromatic carbocycles. The fraction of sp³-hybridized carbons (Fsp3) is 0.667. The van der Waals surface area contributed by atoms with E-state index in [-0.39, 0.29) is 31.4 Å². The van der Waals surface area contributed by atoms with Gasteiger partial charge in [-0.25, -0.2) is 4.79 Å². The molecule has 0 unspecified atom stereocenters. The molecule has 0 spiro atoms. The van der Waals surface area contributed by atoms with Crippen molar-refractivity contribution in [3.05, 3.63) is 0 Å². The van der Waals surface area contributed by atoms with Crippen LogP contribution in [0.15, 0.2) is 0 Å². The van der Waals surface area contributed by atoms with Crippen molar-refractivity contribution in [2.24, 2.45) is 0 Å². The Morgan fingerprint density at radius 1 is 1.47 bits per heavy atom. The first-order chi connectivity index (χ1) is 7.06. The topological polar surface area (TPSA) is 66.9 Å². The summed E-state index contributed by atoms with van der Waals surface area (Å²) in [5.74, 6) is -0.667. The monoisotopic (exact) mass is 214 g/mol. The van der Waals surface area contributed by atoms with Crippen molar-refractivity contribution >= 4 is 17.9 Å². The molecule has 1 fully saturated rings. The second-order valence-corrected chi connectivity index (χ2v) is 3.24. The minimum absolute atomic E-state index is 0.0547. The summed E-state index contributed by atoms with van der Waals surface area (Å²) >= 11 is 0. The van der Waals surface area contributed by atoms with Gasteiger partial charge in [0.05, 0.1) is 13.0 Å². The fourth-order valence-corrected chi connectivity index (χ4v) is 1.33. The Hall–Kier alpha value is -1.59. The molecule has 15 heavy (non-hydrogen) atoms. The smallest absolute Gasteiger partial charge is 0.326 e. The molecule has 0 aliphatic carbocycles. The number of carbonyl (C=O) groups is 3. The van der Waals surface area contributed by atoms with Gasteiger partial charge in [0.1, 0.15) is 6.54 Å². The van der Waals surface area contributed by atoms with E-state index in [0.717, 1.165) is 4.90 Å². The van der Waals surface area contributed by atoms with Gasteiger partial charge in [-0.15, -0.1) is 0 Å². The van der Waals surface area contributed by atoms with Gasteiger partial charge < -0.3 is 9.64 Å². The lowest BCUT2D eigenvalue weighted by atomic mass is 10.4. The predicted molar refractivity (Wildman–Crippen MR) is 51.0 cm³/mol. The van der Waals surface area contributed by atoms with Crippen molar-refractivity contribution in [1.82, 2.24) is 9.80 Å². The van der Waals surface area contributed by atoms with Crippen LogP contribution in [0.4, 0.5) is 4.79 Å². The minimum Gasteiger partial charge on any atom is -0.466 e.